The van der Waals surface area contributed by atoms with Gasteiger partial charge in [0.05, 0.1) is 12.1 Å². The standard InChI is InChI=1S/C23H20N4O2S/c1-16-7-9-18(10-8-16)15-26-23(29)27-19-12-14-30-20(19)21(28)25(22(27)24-26)13-11-17-5-3-2-4-6-17/h2-10,12,14H,11,13,15H2,1H3. The molecule has 0 unspecified atom stereocenters. The molecule has 0 N–H and O–H groups in total. The van der Waals surface area contributed by atoms with Crippen LogP contribution in [-0.2, 0) is 19.5 Å². The molecule has 2 aromatic carbocycles. The van der Waals surface area contributed by atoms with Crippen molar-refractivity contribution in [3.05, 3.63) is 104 Å². The summed E-state index contributed by atoms with van der Waals surface area (Å²) in [5.74, 6) is 0.388. The van der Waals surface area contributed by atoms with Crippen LogP contribution in [0.3, 0.4) is 0 Å². The van der Waals surface area contributed by atoms with E-state index in [4.69, 9.17) is 0 Å². The molecule has 0 saturated carbocycles. The largest absolute Gasteiger partial charge is 0.352 e. The molecule has 0 spiro atoms. The van der Waals surface area contributed by atoms with Gasteiger partial charge < -0.3 is 0 Å². The zero-order chi connectivity index (χ0) is 20.7. The maximum absolute atomic E-state index is 13.2. The molecule has 3 heterocycles. The molecule has 3 aromatic heterocycles. The van der Waals surface area contributed by atoms with E-state index in [1.54, 1.807) is 8.97 Å². The number of aromatic nitrogens is 4. The van der Waals surface area contributed by atoms with Crippen LogP contribution in [0.1, 0.15) is 16.7 Å². The summed E-state index contributed by atoms with van der Waals surface area (Å²) in [5.41, 5.74) is 3.58. The molecular weight excluding hydrogens is 396 g/mol. The number of thiophene rings is 1. The van der Waals surface area contributed by atoms with Crippen molar-refractivity contribution < 1.29 is 0 Å². The van der Waals surface area contributed by atoms with E-state index in [0.717, 1.165) is 16.7 Å². The second-order valence-corrected chi connectivity index (χ2v) is 8.30. The van der Waals surface area contributed by atoms with Crippen LogP contribution in [0.2, 0.25) is 0 Å². The molecule has 0 aliphatic carbocycles. The van der Waals surface area contributed by atoms with E-state index < -0.39 is 0 Å². The minimum absolute atomic E-state index is 0.101. The fourth-order valence-corrected chi connectivity index (χ4v) is 4.51. The average Bonchev–Trinajstić information content (AvgIpc) is 3.36. The number of hydrogen-bond acceptors (Lipinski definition) is 4. The Morgan fingerprint density at radius 3 is 2.47 bits per heavy atom. The van der Waals surface area contributed by atoms with E-state index in [1.807, 2.05) is 73.0 Å². The molecule has 0 atom stereocenters. The Morgan fingerprint density at radius 1 is 0.933 bits per heavy atom. The molecule has 5 rings (SSSR count). The Balaban J connectivity index is 1.64. The minimum atomic E-state index is -0.234. The first kappa shape index (κ1) is 18.6. The topological polar surface area (TPSA) is 61.3 Å². The van der Waals surface area contributed by atoms with Gasteiger partial charge in [0.15, 0.2) is 0 Å². The highest BCUT2D eigenvalue weighted by Gasteiger charge is 2.18. The summed E-state index contributed by atoms with van der Waals surface area (Å²) in [5, 5.41) is 6.41. The molecule has 7 heteroatoms. The van der Waals surface area contributed by atoms with E-state index >= 15 is 0 Å². The number of hydrogen-bond donors (Lipinski definition) is 0. The van der Waals surface area contributed by atoms with E-state index in [2.05, 4.69) is 5.10 Å². The lowest BCUT2D eigenvalue weighted by molar-refractivity contribution is 0.645. The van der Waals surface area contributed by atoms with Crippen LogP contribution in [0, 0.1) is 6.92 Å². The zero-order valence-corrected chi connectivity index (χ0v) is 17.3. The van der Waals surface area contributed by atoms with Crippen molar-refractivity contribution >= 4 is 27.3 Å². The summed E-state index contributed by atoms with van der Waals surface area (Å²) < 4.78 is 5.20. The van der Waals surface area contributed by atoms with Gasteiger partial charge in [-0.15, -0.1) is 16.4 Å². The smallest absolute Gasteiger partial charge is 0.275 e. The molecule has 30 heavy (non-hydrogen) atoms. The van der Waals surface area contributed by atoms with Crippen LogP contribution in [-0.4, -0.2) is 18.7 Å². The fraction of sp³-hybridized carbons (Fsp3) is 0.174. The molecule has 0 amide bonds. The molecule has 0 aliphatic heterocycles. The van der Waals surface area contributed by atoms with Crippen LogP contribution in [0.15, 0.2) is 75.6 Å². The van der Waals surface area contributed by atoms with Crippen LogP contribution in [0.5, 0.6) is 0 Å². The highest BCUT2D eigenvalue weighted by atomic mass is 32.1. The Bertz CT molecular complexity index is 1460. The molecule has 150 valence electrons. The highest BCUT2D eigenvalue weighted by Crippen LogP contribution is 2.18. The molecule has 0 fully saturated rings. The molecule has 0 radical (unpaired) electrons. The second kappa shape index (κ2) is 7.42. The molecule has 0 saturated heterocycles. The molecule has 0 aliphatic rings. The van der Waals surface area contributed by atoms with E-state index in [-0.39, 0.29) is 11.2 Å². The summed E-state index contributed by atoms with van der Waals surface area (Å²) in [6, 6.07) is 19.8. The highest BCUT2D eigenvalue weighted by molar-refractivity contribution is 7.17. The Kier molecular flexibility index (Phi) is 4.59. The number of nitrogens with zero attached hydrogens (tertiary/aromatic N) is 4. The Hall–Kier alpha value is -3.45. The summed E-state index contributed by atoms with van der Waals surface area (Å²) in [6.45, 7) is 2.85. The van der Waals surface area contributed by atoms with Crippen molar-refractivity contribution in [2.24, 2.45) is 0 Å². The predicted octanol–water partition coefficient (Wildman–Crippen LogP) is 3.47. The van der Waals surface area contributed by atoms with E-state index in [9.17, 15) is 9.59 Å². The van der Waals surface area contributed by atoms with Gasteiger partial charge >= 0.3 is 5.69 Å². The molecule has 5 aromatic rings. The molecular formula is C23H20N4O2S. The quantitative estimate of drug-likeness (QED) is 0.441. The van der Waals surface area contributed by atoms with Crippen LogP contribution >= 0.6 is 11.3 Å². The lowest BCUT2D eigenvalue weighted by Gasteiger charge is -2.08. The maximum atomic E-state index is 13.2. The SMILES string of the molecule is Cc1ccc(Cn2nc3n(CCc4ccccc4)c(=O)c4sccc4n3c2=O)cc1. The summed E-state index contributed by atoms with van der Waals surface area (Å²) in [7, 11) is 0. The normalized spacial score (nSPS) is 11.5. The average molecular weight is 417 g/mol. The van der Waals surface area contributed by atoms with Crippen molar-refractivity contribution in [1.82, 2.24) is 18.7 Å². The predicted molar refractivity (Wildman–Crippen MR) is 120 cm³/mol. The summed E-state index contributed by atoms with van der Waals surface area (Å²) in [4.78, 5) is 26.4. The van der Waals surface area contributed by atoms with Gasteiger partial charge in [-0.25, -0.2) is 13.9 Å². The van der Waals surface area contributed by atoms with Crippen LogP contribution in [0.4, 0.5) is 0 Å². The Labute approximate surface area is 176 Å². The third-order valence-electron chi connectivity index (χ3n) is 5.31. The van der Waals surface area contributed by atoms with E-state index in [0.29, 0.717) is 35.5 Å². The summed E-state index contributed by atoms with van der Waals surface area (Å²) in [6.07, 6.45) is 0.687. The summed E-state index contributed by atoms with van der Waals surface area (Å²) >= 11 is 1.36. The third-order valence-corrected chi connectivity index (χ3v) is 6.20. The van der Waals surface area contributed by atoms with Gasteiger partial charge in [0, 0.05) is 6.54 Å². The first-order valence-corrected chi connectivity index (χ1v) is 10.7. The number of aryl methyl sites for hydroxylation is 3. The van der Waals surface area contributed by atoms with Crippen molar-refractivity contribution in [3.63, 3.8) is 0 Å². The maximum Gasteiger partial charge on any atom is 0.352 e. The lowest BCUT2D eigenvalue weighted by Crippen LogP contribution is -2.26. The first-order chi connectivity index (χ1) is 14.6. The molecule has 0 bridgehead atoms. The van der Waals surface area contributed by atoms with Crippen LogP contribution in [0.25, 0.3) is 16.0 Å². The van der Waals surface area contributed by atoms with Gasteiger partial charge in [-0.2, -0.15) is 0 Å². The fourth-order valence-electron chi connectivity index (χ4n) is 3.69. The van der Waals surface area contributed by atoms with Crippen molar-refractivity contribution in [1.29, 1.82) is 0 Å². The number of benzene rings is 2. The number of fused-ring (bicyclic) bond motifs is 3. The van der Waals surface area contributed by atoms with Gasteiger partial charge in [-0.05, 0) is 35.9 Å². The minimum Gasteiger partial charge on any atom is -0.275 e. The van der Waals surface area contributed by atoms with Gasteiger partial charge in [0.1, 0.15) is 4.70 Å². The van der Waals surface area contributed by atoms with Crippen LogP contribution < -0.4 is 11.2 Å². The van der Waals surface area contributed by atoms with Crippen molar-refractivity contribution in [2.75, 3.05) is 0 Å². The molecule has 6 nitrogen and oxygen atoms in total. The van der Waals surface area contributed by atoms with Gasteiger partial charge in [0.25, 0.3) is 5.56 Å². The number of rotatable bonds is 5. The van der Waals surface area contributed by atoms with Gasteiger partial charge in [0.2, 0.25) is 5.78 Å². The van der Waals surface area contributed by atoms with E-state index in [1.165, 1.54) is 16.0 Å². The second-order valence-electron chi connectivity index (χ2n) is 7.39. The lowest BCUT2D eigenvalue weighted by atomic mass is 10.1. The van der Waals surface area contributed by atoms with Gasteiger partial charge in [-0.3, -0.25) is 9.36 Å². The first-order valence-electron chi connectivity index (χ1n) is 9.81. The zero-order valence-electron chi connectivity index (χ0n) is 16.5. The monoisotopic (exact) mass is 416 g/mol. The van der Waals surface area contributed by atoms with Crippen molar-refractivity contribution in [2.45, 2.75) is 26.4 Å². The van der Waals surface area contributed by atoms with Gasteiger partial charge in [-0.1, -0.05) is 60.2 Å². The van der Waals surface area contributed by atoms with Crippen molar-refractivity contribution in [3.8, 4) is 0 Å². The Morgan fingerprint density at radius 2 is 1.70 bits per heavy atom. The third kappa shape index (κ3) is 3.17.